The molecule has 108 valence electrons. The lowest BCUT2D eigenvalue weighted by Gasteiger charge is -2.13. The first kappa shape index (κ1) is 16.2. The molecule has 0 aromatic heterocycles. The molecule has 0 fully saturated rings. The highest BCUT2D eigenvalue weighted by Gasteiger charge is 2.18. The van der Waals surface area contributed by atoms with Crippen LogP contribution in [0.5, 0.6) is 0 Å². The molecule has 1 aromatic rings. The predicted molar refractivity (Wildman–Crippen MR) is 78.6 cm³/mol. The normalized spacial score (nSPS) is 12.4. The van der Waals surface area contributed by atoms with Gasteiger partial charge in [0.05, 0.1) is 10.9 Å². The van der Waals surface area contributed by atoms with Gasteiger partial charge in [0.1, 0.15) is 0 Å². The van der Waals surface area contributed by atoms with E-state index in [0.29, 0.717) is 12.1 Å². The summed E-state index contributed by atoms with van der Waals surface area (Å²) in [5.74, 6) is 2.21. The number of benzene rings is 1. The van der Waals surface area contributed by atoms with Crippen molar-refractivity contribution < 1.29 is 13.2 Å². The number of carbonyl (C=O) groups is 1. The van der Waals surface area contributed by atoms with Gasteiger partial charge >= 0.3 is 0 Å². The largest absolute Gasteiger partial charge is 0.326 e. The lowest BCUT2D eigenvalue weighted by molar-refractivity contribution is -0.114. The highest BCUT2D eigenvalue weighted by molar-refractivity contribution is 7.89. The van der Waals surface area contributed by atoms with Crippen molar-refractivity contribution in [3.8, 4) is 12.3 Å². The Labute approximate surface area is 119 Å². The number of hydrogen-bond donors (Lipinski definition) is 2. The van der Waals surface area contributed by atoms with Gasteiger partial charge in [-0.1, -0.05) is 19.3 Å². The molecule has 1 aromatic carbocycles. The minimum atomic E-state index is -3.64. The lowest BCUT2D eigenvalue weighted by Crippen LogP contribution is -2.33. The molecule has 1 rings (SSSR count). The molecule has 0 aliphatic carbocycles. The maximum atomic E-state index is 12.1. The minimum Gasteiger partial charge on any atom is -0.326 e. The maximum absolute atomic E-state index is 12.1. The van der Waals surface area contributed by atoms with Crippen LogP contribution in [-0.4, -0.2) is 20.4 Å². The third-order valence-electron chi connectivity index (χ3n) is 2.56. The Morgan fingerprint density at radius 3 is 2.40 bits per heavy atom. The Morgan fingerprint density at radius 2 is 1.95 bits per heavy atom. The van der Waals surface area contributed by atoms with Crippen molar-refractivity contribution in [1.82, 2.24) is 4.72 Å². The highest BCUT2D eigenvalue weighted by Crippen LogP contribution is 2.14. The molecule has 1 unspecified atom stereocenters. The van der Waals surface area contributed by atoms with Gasteiger partial charge in [0.15, 0.2) is 0 Å². The summed E-state index contributed by atoms with van der Waals surface area (Å²) in [5, 5.41) is 2.57. The fourth-order valence-electron chi connectivity index (χ4n) is 1.64. The van der Waals surface area contributed by atoms with E-state index in [1.54, 1.807) is 0 Å². The number of carbonyl (C=O) groups excluding carboxylic acids is 1. The first-order valence-corrected chi connectivity index (χ1v) is 7.73. The summed E-state index contributed by atoms with van der Waals surface area (Å²) < 4.78 is 26.7. The standard InChI is InChI=1S/C14H18N2O3S/c1-4-6-12(5-2)16-20(18,19)14-9-7-13(8-10-14)15-11(3)17/h2,7-10,12,16H,4,6H2,1,3H3,(H,15,17). The van der Waals surface area contributed by atoms with Gasteiger partial charge in [0.2, 0.25) is 15.9 Å². The van der Waals surface area contributed by atoms with Crippen molar-refractivity contribution in [1.29, 1.82) is 0 Å². The zero-order chi connectivity index (χ0) is 15.2. The smallest absolute Gasteiger partial charge is 0.241 e. The summed E-state index contributed by atoms with van der Waals surface area (Å²) >= 11 is 0. The van der Waals surface area contributed by atoms with Crippen LogP contribution in [0.3, 0.4) is 0 Å². The van der Waals surface area contributed by atoms with E-state index in [-0.39, 0.29) is 10.8 Å². The molecule has 0 saturated heterocycles. The molecule has 20 heavy (non-hydrogen) atoms. The summed E-state index contributed by atoms with van der Waals surface area (Å²) in [4.78, 5) is 11.0. The number of anilines is 1. The van der Waals surface area contributed by atoms with Gasteiger partial charge in [-0.3, -0.25) is 4.79 Å². The number of rotatable bonds is 6. The minimum absolute atomic E-state index is 0.114. The van der Waals surface area contributed by atoms with Crippen LogP contribution >= 0.6 is 0 Å². The Morgan fingerprint density at radius 1 is 1.35 bits per heavy atom. The number of hydrogen-bond acceptors (Lipinski definition) is 3. The van der Waals surface area contributed by atoms with Crippen LogP contribution in [0.25, 0.3) is 0 Å². The Balaban J connectivity index is 2.87. The lowest BCUT2D eigenvalue weighted by atomic mass is 10.2. The number of nitrogens with one attached hydrogen (secondary N) is 2. The van der Waals surface area contributed by atoms with Gasteiger partial charge in [-0.2, -0.15) is 4.72 Å². The molecule has 0 saturated carbocycles. The molecular formula is C14H18N2O3S. The SMILES string of the molecule is C#CC(CCC)NS(=O)(=O)c1ccc(NC(C)=O)cc1. The topological polar surface area (TPSA) is 75.3 Å². The maximum Gasteiger partial charge on any atom is 0.241 e. The summed E-state index contributed by atoms with van der Waals surface area (Å²) in [6.45, 7) is 3.31. The third-order valence-corrected chi connectivity index (χ3v) is 4.05. The molecule has 0 spiro atoms. The van der Waals surface area contributed by atoms with Crippen LogP contribution in [0.2, 0.25) is 0 Å². The first-order valence-electron chi connectivity index (χ1n) is 6.25. The number of amides is 1. The molecule has 6 heteroatoms. The quantitative estimate of drug-likeness (QED) is 0.785. The Bertz CT molecular complexity index is 600. The molecule has 5 nitrogen and oxygen atoms in total. The Hall–Kier alpha value is -1.84. The van der Waals surface area contributed by atoms with Gasteiger partial charge in [-0.15, -0.1) is 6.42 Å². The zero-order valence-electron chi connectivity index (χ0n) is 11.5. The fourth-order valence-corrected chi connectivity index (χ4v) is 2.83. The van der Waals surface area contributed by atoms with Crippen molar-refractivity contribution in [3.05, 3.63) is 24.3 Å². The molecule has 1 atom stereocenters. The number of sulfonamides is 1. The highest BCUT2D eigenvalue weighted by atomic mass is 32.2. The summed E-state index contributed by atoms with van der Waals surface area (Å²) in [7, 11) is -3.64. The van der Waals surface area contributed by atoms with Crippen LogP contribution in [-0.2, 0) is 14.8 Å². The average molecular weight is 294 g/mol. The second-order valence-corrected chi connectivity index (χ2v) is 6.05. The van der Waals surface area contributed by atoms with E-state index in [1.165, 1.54) is 31.2 Å². The molecule has 0 heterocycles. The molecule has 0 aliphatic rings. The Kier molecular flexibility index (Phi) is 5.74. The van der Waals surface area contributed by atoms with Crippen LogP contribution < -0.4 is 10.0 Å². The van der Waals surface area contributed by atoms with Gasteiger partial charge in [-0.05, 0) is 30.7 Å². The third kappa shape index (κ3) is 4.68. The summed E-state index contributed by atoms with van der Waals surface area (Å²) in [6.07, 6.45) is 6.67. The fraction of sp³-hybridized carbons (Fsp3) is 0.357. The van der Waals surface area contributed by atoms with Crippen LogP contribution in [0.4, 0.5) is 5.69 Å². The van der Waals surface area contributed by atoms with Crippen molar-refractivity contribution >= 4 is 21.6 Å². The van der Waals surface area contributed by atoms with E-state index in [4.69, 9.17) is 6.42 Å². The summed E-state index contributed by atoms with van der Waals surface area (Å²) in [6, 6.07) is 5.39. The average Bonchev–Trinajstić information content (AvgIpc) is 2.38. The molecular weight excluding hydrogens is 276 g/mol. The molecule has 1 amide bonds. The van der Waals surface area contributed by atoms with E-state index in [9.17, 15) is 13.2 Å². The van der Waals surface area contributed by atoms with Gasteiger partial charge < -0.3 is 5.32 Å². The van der Waals surface area contributed by atoms with E-state index >= 15 is 0 Å². The second-order valence-electron chi connectivity index (χ2n) is 4.33. The van der Waals surface area contributed by atoms with Crippen LogP contribution in [0.15, 0.2) is 29.2 Å². The zero-order valence-corrected chi connectivity index (χ0v) is 12.3. The molecule has 2 N–H and O–H groups in total. The van der Waals surface area contributed by atoms with Gasteiger partial charge in [0, 0.05) is 12.6 Å². The van der Waals surface area contributed by atoms with E-state index in [1.807, 2.05) is 6.92 Å². The van der Waals surface area contributed by atoms with Crippen molar-refractivity contribution in [2.45, 2.75) is 37.6 Å². The van der Waals surface area contributed by atoms with E-state index < -0.39 is 16.1 Å². The molecule has 0 radical (unpaired) electrons. The number of terminal acetylenes is 1. The molecule has 0 bridgehead atoms. The monoisotopic (exact) mass is 294 g/mol. The van der Waals surface area contributed by atoms with Gasteiger partial charge in [-0.25, -0.2) is 8.42 Å². The second kappa shape index (κ2) is 7.08. The summed E-state index contributed by atoms with van der Waals surface area (Å²) in [5.41, 5.74) is 0.540. The predicted octanol–water partition coefficient (Wildman–Crippen LogP) is 1.73. The van der Waals surface area contributed by atoms with E-state index in [2.05, 4.69) is 16.0 Å². The molecule has 0 aliphatic heterocycles. The van der Waals surface area contributed by atoms with Crippen LogP contribution in [0, 0.1) is 12.3 Å². The van der Waals surface area contributed by atoms with Crippen molar-refractivity contribution in [3.63, 3.8) is 0 Å². The van der Waals surface area contributed by atoms with Crippen molar-refractivity contribution in [2.75, 3.05) is 5.32 Å². The first-order chi connectivity index (χ1) is 9.39. The van der Waals surface area contributed by atoms with E-state index in [0.717, 1.165) is 6.42 Å². The van der Waals surface area contributed by atoms with Crippen molar-refractivity contribution in [2.24, 2.45) is 0 Å². The van der Waals surface area contributed by atoms with Gasteiger partial charge in [0.25, 0.3) is 0 Å². The van der Waals surface area contributed by atoms with Crippen LogP contribution in [0.1, 0.15) is 26.7 Å².